The van der Waals surface area contributed by atoms with Gasteiger partial charge in [0.15, 0.2) is 0 Å². The lowest BCUT2D eigenvalue weighted by Crippen LogP contribution is -2.46. The third-order valence-electron chi connectivity index (χ3n) is 5.94. The molecular weight excluding hydrogens is 470 g/mol. The number of ketones is 2. The van der Waals surface area contributed by atoms with E-state index in [-0.39, 0.29) is 23.0 Å². The summed E-state index contributed by atoms with van der Waals surface area (Å²) in [6.07, 6.45) is 0.758. The highest BCUT2D eigenvalue weighted by Crippen LogP contribution is 2.29. The summed E-state index contributed by atoms with van der Waals surface area (Å²) < 4.78 is 0. The molecule has 0 amide bonds. The standard InChI is InChI=1S/C26H36N6O2.CH6NO/c1-4-32(16-15-31(2)3)19-11-9-18(10-12-19)17-30-24-23(28)26(34)22-20(25(24)33)7-5-8-21(22)29-14-6-13-27;1-3-2/h5,7-12,29-30H,4,6,13-17,27-28H2,1-3H3;1-2H3/q;+1. The van der Waals surface area contributed by atoms with Crippen molar-refractivity contribution in [3.05, 3.63) is 70.5 Å². The van der Waals surface area contributed by atoms with Crippen LogP contribution >= 0.6 is 0 Å². The number of hydrogen-bond donors (Lipinski definition) is 5. The lowest BCUT2D eigenvalue weighted by Gasteiger charge is -2.25. The molecule has 2 aromatic rings. The molecule has 9 N–H and O–H groups in total. The number of likely N-dealkylation sites (N-methyl/N-ethyl adjacent to an activating group) is 2. The Bertz CT molecular complexity index is 1070. The van der Waals surface area contributed by atoms with Crippen LogP contribution in [0.3, 0.4) is 0 Å². The van der Waals surface area contributed by atoms with Crippen molar-refractivity contribution in [2.24, 2.45) is 11.5 Å². The van der Waals surface area contributed by atoms with Gasteiger partial charge < -0.3 is 31.9 Å². The fourth-order valence-electron chi connectivity index (χ4n) is 3.94. The molecule has 0 aliphatic heterocycles. The largest absolute Gasteiger partial charge is 0.394 e. The Balaban J connectivity index is 0.00000153. The van der Waals surface area contributed by atoms with E-state index in [9.17, 15) is 9.59 Å². The molecule has 1 aliphatic carbocycles. The Kier molecular flexibility index (Phi) is 12.0. The van der Waals surface area contributed by atoms with Crippen LogP contribution in [0.15, 0.2) is 53.9 Å². The molecule has 1 aliphatic rings. The van der Waals surface area contributed by atoms with Crippen LogP contribution in [0.1, 0.15) is 39.6 Å². The number of Topliss-reactive ketones (excluding diaryl/α,β-unsaturated/α-hetero) is 2. The smallest absolute Gasteiger partial charge is 0.213 e. The zero-order valence-corrected chi connectivity index (χ0v) is 22.5. The minimum Gasteiger partial charge on any atom is -0.394 e. The van der Waals surface area contributed by atoms with E-state index in [4.69, 9.17) is 11.5 Å². The van der Waals surface area contributed by atoms with E-state index in [1.165, 1.54) is 7.11 Å². The number of benzene rings is 2. The summed E-state index contributed by atoms with van der Waals surface area (Å²) in [6.45, 7) is 6.54. The number of carbonyl (C=O) groups excluding carboxylic acids is 2. The van der Waals surface area contributed by atoms with Gasteiger partial charge in [0.1, 0.15) is 11.4 Å². The third-order valence-corrected chi connectivity index (χ3v) is 5.94. The van der Waals surface area contributed by atoms with Crippen LogP contribution in [0.4, 0.5) is 11.4 Å². The zero-order chi connectivity index (χ0) is 27.4. The molecule has 202 valence electrons. The summed E-state index contributed by atoms with van der Waals surface area (Å²) >= 11 is 0. The topological polar surface area (TPSA) is 154 Å². The van der Waals surface area contributed by atoms with E-state index in [2.05, 4.69) is 64.3 Å². The van der Waals surface area contributed by atoms with Gasteiger partial charge in [-0.3, -0.25) is 9.59 Å². The summed E-state index contributed by atoms with van der Waals surface area (Å²) in [6, 6.07) is 13.4. The van der Waals surface area contributed by atoms with E-state index in [0.29, 0.717) is 36.4 Å². The van der Waals surface area contributed by atoms with Gasteiger partial charge in [-0.15, -0.1) is 0 Å². The lowest BCUT2D eigenvalue weighted by molar-refractivity contribution is -0.679. The molecule has 0 bridgehead atoms. The first kappa shape index (κ1) is 29.8. The van der Waals surface area contributed by atoms with Crippen molar-refractivity contribution in [2.75, 3.05) is 64.1 Å². The average Bonchev–Trinajstić information content (AvgIpc) is 2.89. The Hall–Kier alpha value is -3.44. The highest BCUT2D eigenvalue weighted by Gasteiger charge is 2.32. The second-order valence-corrected chi connectivity index (χ2v) is 8.94. The monoisotopic (exact) mass is 512 g/mol. The fourth-order valence-corrected chi connectivity index (χ4v) is 3.94. The maximum absolute atomic E-state index is 13.2. The number of rotatable bonds is 12. The van der Waals surface area contributed by atoms with Gasteiger partial charge in [0.25, 0.3) is 0 Å². The van der Waals surface area contributed by atoms with Crippen molar-refractivity contribution in [1.29, 1.82) is 0 Å². The van der Waals surface area contributed by atoms with Gasteiger partial charge in [0.05, 0.1) is 12.7 Å². The molecule has 0 saturated carbocycles. The van der Waals surface area contributed by atoms with Crippen LogP contribution in [0.25, 0.3) is 0 Å². The minimum absolute atomic E-state index is 0.0527. The van der Waals surface area contributed by atoms with Crippen LogP contribution in [0, 0.1) is 0 Å². The maximum atomic E-state index is 13.2. The molecule has 10 nitrogen and oxygen atoms in total. The molecule has 0 heterocycles. The number of anilines is 2. The Morgan fingerprint density at radius 1 is 1.00 bits per heavy atom. The van der Waals surface area contributed by atoms with E-state index in [1.54, 1.807) is 18.2 Å². The van der Waals surface area contributed by atoms with Gasteiger partial charge in [-0.25, -0.2) is 10.7 Å². The molecule has 0 saturated heterocycles. The molecule has 37 heavy (non-hydrogen) atoms. The van der Waals surface area contributed by atoms with E-state index < -0.39 is 0 Å². The second kappa shape index (κ2) is 15.0. The van der Waals surface area contributed by atoms with Crippen LogP contribution in [-0.4, -0.2) is 70.4 Å². The van der Waals surface area contributed by atoms with E-state index in [1.807, 2.05) is 12.1 Å². The van der Waals surface area contributed by atoms with Gasteiger partial charge in [-0.1, -0.05) is 24.3 Å². The highest BCUT2D eigenvalue weighted by atomic mass is 16.6. The van der Waals surface area contributed by atoms with Gasteiger partial charge in [-0.2, -0.15) is 0 Å². The molecule has 10 heteroatoms. The molecule has 0 aromatic heterocycles. The van der Waals surface area contributed by atoms with Crippen molar-refractivity contribution in [3.8, 4) is 0 Å². The first-order valence-corrected chi connectivity index (χ1v) is 12.5. The number of nitrogens with one attached hydrogen (secondary N) is 2. The third kappa shape index (κ3) is 8.02. The predicted octanol–water partition coefficient (Wildman–Crippen LogP) is 0.964. The normalized spacial score (nSPS) is 12.7. The summed E-state index contributed by atoms with van der Waals surface area (Å²) in [7, 11) is 5.65. The second-order valence-electron chi connectivity index (χ2n) is 8.94. The van der Waals surface area contributed by atoms with Gasteiger partial charge in [-0.05, 0) is 57.7 Å². The number of quaternary nitrogens is 1. The van der Waals surface area contributed by atoms with Crippen molar-refractivity contribution < 1.29 is 20.3 Å². The van der Waals surface area contributed by atoms with Crippen LogP contribution in [-0.2, 0) is 11.4 Å². The van der Waals surface area contributed by atoms with Crippen LogP contribution in [0.2, 0.25) is 0 Å². The maximum Gasteiger partial charge on any atom is 0.213 e. The van der Waals surface area contributed by atoms with Gasteiger partial charge in [0, 0.05) is 49.7 Å². The Morgan fingerprint density at radius 2 is 1.68 bits per heavy atom. The van der Waals surface area contributed by atoms with Crippen LogP contribution in [0.5, 0.6) is 0 Å². The van der Waals surface area contributed by atoms with E-state index >= 15 is 0 Å². The van der Waals surface area contributed by atoms with Crippen molar-refractivity contribution in [2.45, 2.75) is 19.9 Å². The number of nitrogens with two attached hydrogens (primary N) is 2. The van der Waals surface area contributed by atoms with Gasteiger partial charge in [0.2, 0.25) is 11.6 Å². The number of allylic oxidation sites excluding steroid dienone is 2. The summed E-state index contributed by atoms with van der Waals surface area (Å²) in [4.78, 5) is 34.7. The Morgan fingerprint density at radius 3 is 2.27 bits per heavy atom. The minimum atomic E-state index is -0.345. The van der Waals surface area contributed by atoms with Crippen molar-refractivity contribution >= 4 is 22.9 Å². The number of carbonyl (C=O) groups is 2. The molecule has 3 rings (SSSR count). The SMILES string of the molecule is CCN(CCN(C)C)c1ccc(CNC2=C(N)C(=O)c3c(NCCCN)cccc3C2=O)cc1.CO[NH3+]. The van der Waals surface area contributed by atoms with Crippen LogP contribution < -0.4 is 32.9 Å². The lowest BCUT2D eigenvalue weighted by atomic mass is 9.89. The first-order valence-electron chi connectivity index (χ1n) is 12.5. The zero-order valence-electron chi connectivity index (χ0n) is 22.5. The number of nitrogens with zero attached hydrogens (tertiary/aromatic N) is 2. The molecule has 0 fully saturated rings. The van der Waals surface area contributed by atoms with Crippen molar-refractivity contribution in [3.63, 3.8) is 0 Å². The molecule has 0 atom stereocenters. The van der Waals surface area contributed by atoms with E-state index in [0.717, 1.165) is 37.3 Å². The molecule has 0 radical (unpaired) electrons. The first-order chi connectivity index (χ1) is 17.8. The number of hydrogen-bond acceptors (Lipinski definition) is 9. The van der Waals surface area contributed by atoms with Crippen molar-refractivity contribution in [1.82, 2.24) is 10.2 Å². The predicted molar refractivity (Wildman–Crippen MR) is 148 cm³/mol. The number of fused-ring (bicyclic) bond motifs is 1. The highest BCUT2D eigenvalue weighted by molar-refractivity contribution is 6.28. The quantitative estimate of drug-likeness (QED) is 0.207. The molecular formula is C27H42N7O3+. The molecule has 2 aromatic carbocycles. The van der Waals surface area contributed by atoms with Gasteiger partial charge >= 0.3 is 0 Å². The summed E-state index contributed by atoms with van der Waals surface area (Å²) in [5.41, 5.74) is 15.2. The Labute approximate surface area is 219 Å². The molecule has 0 unspecified atom stereocenters. The average molecular weight is 513 g/mol. The summed E-state index contributed by atoms with van der Waals surface area (Å²) in [5, 5.41) is 6.30. The summed E-state index contributed by atoms with van der Waals surface area (Å²) in [5.74, 6) is 2.37. The fraction of sp³-hybridized carbons (Fsp3) is 0.407. The molecule has 0 spiro atoms.